The van der Waals surface area contributed by atoms with Crippen LogP contribution in [0.25, 0.3) is 0 Å². The second kappa shape index (κ2) is 11.4. The maximum absolute atomic E-state index is 13.0. The molecule has 3 atom stereocenters. The first-order valence-electron chi connectivity index (χ1n) is 10.1. The fraction of sp³-hybridized carbons (Fsp3) is 0.571. The van der Waals surface area contributed by atoms with Gasteiger partial charge in [0.05, 0.1) is 30.9 Å². The number of esters is 2. The molecule has 1 aliphatic rings. The summed E-state index contributed by atoms with van der Waals surface area (Å²) in [5, 5.41) is 3.07. The third-order valence-electron chi connectivity index (χ3n) is 5.06. The van der Waals surface area contributed by atoms with E-state index >= 15 is 0 Å². The summed E-state index contributed by atoms with van der Waals surface area (Å²) >= 11 is 6.23. The van der Waals surface area contributed by atoms with Gasteiger partial charge in [-0.05, 0) is 31.4 Å². The summed E-state index contributed by atoms with van der Waals surface area (Å²) in [6, 6.07) is 5.85. The Morgan fingerprint density at radius 3 is 2.39 bits per heavy atom. The van der Waals surface area contributed by atoms with Crippen molar-refractivity contribution < 1.29 is 37.0 Å². The minimum atomic E-state index is -4.64. The Balaban J connectivity index is 2.16. The van der Waals surface area contributed by atoms with Gasteiger partial charge < -0.3 is 14.8 Å². The lowest BCUT2D eigenvalue weighted by Crippen LogP contribution is -2.42. The number of hydrogen-bond donors (Lipinski definition) is 1. The van der Waals surface area contributed by atoms with Gasteiger partial charge in [-0.25, -0.2) is 0 Å². The van der Waals surface area contributed by atoms with Gasteiger partial charge in [-0.15, -0.1) is 0 Å². The second-order valence-electron chi connectivity index (χ2n) is 7.31. The molecule has 1 amide bonds. The van der Waals surface area contributed by atoms with Crippen LogP contribution >= 0.6 is 11.6 Å². The Hall–Kier alpha value is -2.29. The van der Waals surface area contributed by atoms with Gasteiger partial charge in [0.25, 0.3) is 0 Å². The molecule has 0 aliphatic heterocycles. The topological polar surface area (TPSA) is 81.7 Å². The first-order valence-corrected chi connectivity index (χ1v) is 10.4. The normalized spacial score (nSPS) is 19.9. The van der Waals surface area contributed by atoms with E-state index in [0.717, 1.165) is 0 Å². The molecule has 0 saturated heterocycles. The van der Waals surface area contributed by atoms with Gasteiger partial charge in [0.1, 0.15) is 0 Å². The molecule has 1 aromatic rings. The number of carbonyl (C=O) groups is 3. The van der Waals surface area contributed by atoms with Gasteiger partial charge in [0.2, 0.25) is 5.91 Å². The monoisotopic (exact) mass is 463 g/mol. The lowest BCUT2D eigenvalue weighted by atomic mass is 9.78. The van der Waals surface area contributed by atoms with Gasteiger partial charge in [-0.2, -0.15) is 13.2 Å². The van der Waals surface area contributed by atoms with E-state index in [2.05, 4.69) is 10.1 Å². The molecule has 1 fully saturated rings. The number of benzene rings is 1. The van der Waals surface area contributed by atoms with Crippen LogP contribution in [0.3, 0.4) is 0 Å². The van der Waals surface area contributed by atoms with Gasteiger partial charge in [0.15, 0.2) is 6.61 Å². The summed E-state index contributed by atoms with van der Waals surface area (Å²) < 4.78 is 46.6. The summed E-state index contributed by atoms with van der Waals surface area (Å²) in [6.45, 7) is 0.125. The van der Waals surface area contributed by atoms with Crippen molar-refractivity contribution in [2.45, 2.75) is 51.2 Å². The zero-order valence-corrected chi connectivity index (χ0v) is 17.8. The van der Waals surface area contributed by atoms with E-state index in [1.54, 1.807) is 31.2 Å². The van der Waals surface area contributed by atoms with Crippen molar-refractivity contribution >= 4 is 29.4 Å². The molecule has 0 aromatic heterocycles. The highest BCUT2D eigenvalue weighted by atomic mass is 35.5. The predicted octanol–water partition coefficient (Wildman–Crippen LogP) is 4.36. The maximum Gasteiger partial charge on any atom is 0.422 e. The van der Waals surface area contributed by atoms with Crippen molar-refractivity contribution in [1.82, 2.24) is 5.32 Å². The molecular weight excluding hydrogens is 439 g/mol. The second-order valence-corrected chi connectivity index (χ2v) is 7.72. The molecule has 31 heavy (non-hydrogen) atoms. The SMILES string of the molecule is CCOC(=O)C[C@H](NC(=O)[C@@H]1CCCC[C@H]1C(=O)OCC(F)(F)F)c1ccccc1Cl. The van der Waals surface area contributed by atoms with E-state index in [1.165, 1.54) is 0 Å². The Labute approximate surface area is 183 Å². The predicted molar refractivity (Wildman–Crippen MR) is 106 cm³/mol. The Kier molecular flexibility index (Phi) is 9.15. The van der Waals surface area contributed by atoms with Crippen molar-refractivity contribution in [2.24, 2.45) is 11.8 Å². The lowest BCUT2D eigenvalue weighted by Gasteiger charge is -2.30. The van der Waals surface area contributed by atoms with Crippen LogP contribution in [-0.4, -0.2) is 37.2 Å². The summed E-state index contributed by atoms with van der Waals surface area (Å²) in [4.78, 5) is 37.3. The number of ether oxygens (including phenoxy) is 2. The zero-order chi connectivity index (χ0) is 23.0. The van der Waals surface area contributed by atoms with Gasteiger partial charge >= 0.3 is 18.1 Å². The number of halogens is 4. The third kappa shape index (κ3) is 7.72. The highest BCUT2D eigenvalue weighted by Crippen LogP contribution is 2.33. The third-order valence-corrected chi connectivity index (χ3v) is 5.40. The first kappa shape index (κ1) is 25.0. The highest BCUT2D eigenvalue weighted by molar-refractivity contribution is 6.31. The molecule has 0 bridgehead atoms. The molecule has 0 unspecified atom stereocenters. The van der Waals surface area contributed by atoms with Crippen LogP contribution in [0.1, 0.15) is 50.6 Å². The van der Waals surface area contributed by atoms with Crippen LogP contribution in [0.4, 0.5) is 13.2 Å². The fourth-order valence-corrected chi connectivity index (χ4v) is 3.92. The van der Waals surface area contributed by atoms with E-state index in [4.69, 9.17) is 16.3 Å². The average Bonchev–Trinajstić information content (AvgIpc) is 2.71. The highest BCUT2D eigenvalue weighted by Gasteiger charge is 2.39. The molecule has 0 spiro atoms. The molecule has 1 aromatic carbocycles. The van der Waals surface area contributed by atoms with Crippen molar-refractivity contribution in [3.8, 4) is 0 Å². The van der Waals surface area contributed by atoms with Gasteiger partial charge in [-0.1, -0.05) is 42.6 Å². The molecule has 10 heteroatoms. The van der Waals surface area contributed by atoms with Crippen LogP contribution in [0, 0.1) is 11.8 Å². The van der Waals surface area contributed by atoms with E-state index in [1.807, 2.05) is 0 Å². The molecular formula is C21H25ClF3NO5. The molecule has 1 N–H and O–H groups in total. The van der Waals surface area contributed by atoms with Gasteiger partial charge in [-0.3, -0.25) is 14.4 Å². The molecule has 1 saturated carbocycles. The zero-order valence-electron chi connectivity index (χ0n) is 17.0. The molecule has 0 radical (unpaired) electrons. The average molecular weight is 464 g/mol. The molecule has 1 aliphatic carbocycles. The minimum Gasteiger partial charge on any atom is -0.466 e. The molecule has 172 valence electrons. The number of hydrogen-bond acceptors (Lipinski definition) is 5. The Morgan fingerprint density at radius 2 is 1.77 bits per heavy atom. The Bertz CT molecular complexity index is 787. The van der Waals surface area contributed by atoms with Crippen molar-refractivity contribution in [2.75, 3.05) is 13.2 Å². The fourth-order valence-electron chi connectivity index (χ4n) is 3.65. The van der Waals surface area contributed by atoms with E-state index in [0.29, 0.717) is 29.8 Å². The van der Waals surface area contributed by atoms with E-state index in [9.17, 15) is 27.6 Å². The largest absolute Gasteiger partial charge is 0.466 e. The standard InChI is InChI=1S/C21H25ClF3NO5/c1-2-30-18(27)11-17(15-9-5-6-10-16(15)22)26-19(28)13-7-3-4-8-14(13)20(29)31-12-21(23,24)25/h5-6,9-10,13-14,17H,2-4,7-8,11-12H2,1H3,(H,26,28)/t13-,14-,17+/m1/s1. The van der Waals surface area contributed by atoms with Crippen LogP contribution in [-0.2, 0) is 23.9 Å². The van der Waals surface area contributed by atoms with Crippen LogP contribution < -0.4 is 5.32 Å². The van der Waals surface area contributed by atoms with Gasteiger partial charge in [0, 0.05) is 5.02 Å². The number of rotatable bonds is 8. The molecule has 2 rings (SSSR count). The maximum atomic E-state index is 13.0. The quantitative estimate of drug-likeness (QED) is 0.579. The number of alkyl halides is 3. The number of carbonyl (C=O) groups excluding carboxylic acids is 3. The smallest absolute Gasteiger partial charge is 0.422 e. The Morgan fingerprint density at radius 1 is 1.13 bits per heavy atom. The van der Waals surface area contributed by atoms with Crippen LogP contribution in [0.2, 0.25) is 5.02 Å². The van der Waals surface area contributed by atoms with E-state index in [-0.39, 0.29) is 19.4 Å². The molecule has 0 heterocycles. The summed E-state index contributed by atoms with van der Waals surface area (Å²) in [6.07, 6.45) is -2.99. The van der Waals surface area contributed by atoms with Crippen molar-refractivity contribution in [3.05, 3.63) is 34.9 Å². The minimum absolute atomic E-state index is 0.164. The lowest BCUT2D eigenvalue weighted by molar-refractivity contribution is -0.191. The van der Waals surface area contributed by atoms with Crippen LogP contribution in [0.15, 0.2) is 24.3 Å². The van der Waals surface area contributed by atoms with Crippen molar-refractivity contribution in [3.63, 3.8) is 0 Å². The van der Waals surface area contributed by atoms with Crippen molar-refractivity contribution in [1.29, 1.82) is 0 Å². The molecule has 6 nitrogen and oxygen atoms in total. The summed E-state index contributed by atoms with van der Waals surface area (Å²) in [5.74, 6) is -3.97. The van der Waals surface area contributed by atoms with E-state index < -0.39 is 48.5 Å². The summed E-state index contributed by atoms with van der Waals surface area (Å²) in [5.41, 5.74) is 0.498. The summed E-state index contributed by atoms with van der Waals surface area (Å²) in [7, 11) is 0. The first-order chi connectivity index (χ1) is 14.6. The number of nitrogens with one attached hydrogen (secondary N) is 1. The van der Waals surface area contributed by atoms with Crippen LogP contribution in [0.5, 0.6) is 0 Å². The number of amides is 1.